The number of hydrogen-bond acceptors (Lipinski definition) is 7. The summed E-state index contributed by atoms with van der Waals surface area (Å²) in [5, 5.41) is 14.3. The van der Waals surface area contributed by atoms with E-state index in [1.165, 1.54) is 5.56 Å². The van der Waals surface area contributed by atoms with Gasteiger partial charge in [-0.15, -0.1) is 5.11 Å². The lowest BCUT2D eigenvalue weighted by Gasteiger charge is -2.48. The first kappa shape index (κ1) is 33.6. The van der Waals surface area contributed by atoms with Crippen molar-refractivity contribution in [1.82, 2.24) is 26.5 Å². The van der Waals surface area contributed by atoms with Gasteiger partial charge in [0.15, 0.2) is 12.0 Å². The smallest absolute Gasteiger partial charge is 0.291 e. The number of nitrogens with zero attached hydrogens (tertiary/aromatic N) is 4. The molecule has 2 atom stereocenters. The van der Waals surface area contributed by atoms with Gasteiger partial charge in [0.2, 0.25) is 0 Å². The average molecular weight is 629 g/mol. The first-order valence-electron chi connectivity index (χ1n) is 16.8. The maximum Gasteiger partial charge on any atom is 0.291 e. The van der Waals surface area contributed by atoms with Crippen LogP contribution in [-0.2, 0) is 11.2 Å². The molecule has 4 N–H and O–H groups in total. The normalized spacial score (nSPS) is 24.7. The number of benzene rings is 2. The summed E-state index contributed by atoms with van der Waals surface area (Å²) in [6.45, 7) is 14.6. The molecule has 1 saturated heterocycles. The molecule has 248 valence electrons. The van der Waals surface area contributed by atoms with Crippen LogP contribution >= 0.6 is 0 Å². The average Bonchev–Trinajstić information content (AvgIpc) is 3.63. The predicted molar refractivity (Wildman–Crippen MR) is 182 cm³/mol. The van der Waals surface area contributed by atoms with Crippen LogP contribution in [0.4, 0.5) is 0 Å². The minimum Gasteiger partial charge on any atom is -0.348 e. The summed E-state index contributed by atoms with van der Waals surface area (Å²) in [6, 6.07) is 17.9. The Morgan fingerprint density at radius 1 is 1.04 bits per heavy atom. The zero-order valence-electron chi connectivity index (χ0n) is 28.4. The van der Waals surface area contributed by atoms with Gasteiger partial charge in [-0.1, -0.05) is 89.2 Å². The minimum absolute atomic E-state index is 0.0187. The molecule has 1 spiro atoms. The summed E-state index contributed by atoms with van der Waals surface area (Å²) in [7, 11) is 0. The van der Waals surface area contributed by atoms with Crippen LogP contribution in [-0.4, -0.2) is 47.5 Å². The van der Waals surface area contributed by atoms with Crippen molar-refractivity contribution < 1.29 is 9.59 Å². The van der Waals surface area contributed by atoms with Crippen molar-refractivity contribution in [3.8, 4) is 0 Å². The standard InChI is InChI=1S/C36H52N8O2/c1-34(2,3)20-18-29(26-12-14-27(15-13-26)32(45)38-24-30-40-42-43-41-30)44-33(46)31(37-23-19-25-10-8-7-9-11-25)39-36(44)21-16-28(17-22-36)35(4,5)6/h7-15,28-30H,16-24H2,1-6H3,(H,37,39)(H,38,45)(H,40,43)(H,41,42)/t28?,29-,36?/m1/s1. The van der Waals surface area contributed by atoms with E-state index in [9.17, 15) is 9.59 Å². The fourth-order valence-corrected chi connectivity index (χ4v) is 6.94. The Bertz CT molecular complexity index is 1400. The molecule has 10 nitrogen and oxygen atoms in total. The molecule has 2 aliphatic heterocycles. The van der Waals surface area contributed by atoms with E-state index in [-0.39, 0.29) is 34.9 Å². The number of amidine groups is 1. The minimum atomic E-state index is -0.486. The largest absolute Gasteiger partial charge is 0.348 e. The fourth-order valence-electron chi connectivity index (χ4n) is 6.94. The number of nitrogens with one attached hydrogen (secondary N) is 4. The van der Waals surface area contributed by atoms with E-state index in [0.29, 0.717) is 30.4 Å². The third-order valence-electron chi connectivity index (χ3n) is 9.76. The number of rotatable bonds is 10. The van der Waals surface area contributed by atoms with Crippen LogP contribution in [0, 0.1) is 16.7 Å². The van der Waals surface area contributed by atoms with Crippen LogP contribution in [0.5, 0.6) is 0 Å². The van der Waals surface area contributed by atoms with E-state index in [4.69, 9.17) is 4.99 Å². The lowest BCUT2D eigenvalue weighted by atomic mass is 9.69. The summed E-state index contributed by atoms with van der Waals surface area (Å²) in [6.07, 6.45) is 6.11. The monoisotopic (exact) mass is 628 g/mol. The molecular weight excluding hydrogens is 576 g/mol. The molecule has 0 bridgehead atoms. The van der Waals surface area contributed by atoms with Crippen molar-refractivity contribution in [2.45, 2.75) is 104 Å². The van der Waals surface area contributed by atoms with Gasteiger partial charge in [-0.3, -0.25) is 14.6 Å². The molecule has 2 amide bonds. The molecule has 0 aromatic heterocycles. The second-order valence-corrected chi connectivity index (χ2v) is 15.4. The Hall–Kier alpha value is -3.79. The molecule has 10 heteroatoms. The lowest BCUT2D eigenvalue weighted by Crippen LogP contribution is -2.56. The van der Waals surface area contributed by atoms with Crippen LogP contribution < -0.4 is 21.6 Å². The van der Waals surface area contributed by atoms with Crippen molar-refractivity contribution in [3.63, 3.8) is 0 Å². The van der Waals surface area contributed by atoms with Gasteiger partial charge in [0.05, 0.1) is 12.6 Å². The second-order valence-electron chi connectivity index (χ2n) is 15.4. The van der Waals surface area contributed by atoms with Crippen molar-refractivity contribution in [3.05, 3.63) is 71.3 Å². The highest BCUT2D eigenvalue weighted by atomic mass is 16.2. The summed E-state index contributed by atoms with van der Waals surface area (Å²) in [5.74, 6) is 0.882. The second kappa shape index (κ2) is 13.9. The number of hydrogen-bond donors (Lipinski definition) is 4. The van der Waals surface area contributed by atoms with Crippen molar-refractivity contribution in [1.29, 1.82) is 0 Å². The molecule has 3 aliphatic rings. The number of amides is 2. The van der Waals surface area contributed by atoms with Crippen molar-refractivity contribution in [2.75, 3.05) is 13.1 Å². The van der Waals surface area contributed by atoms with Crippen LogP contribution in [0.15, 0.2) is 69.9 Å². The molecule has 2 fully saturated rings. The molecule has 46 heavy (non-hydrogen) atoms. The Morgan fingerprint density at radius 2 is 1.74 bits per heavy atom. The van der Waals surface area contributed by atoms with Gasteiger partial charge in [0, 0.05) is 12.1 Å². The summed E-state index contributed by atoms with van der Waals surface area (Å²) in [4.78, 5) is 34.4. The van der Waals surface area contributed by atoms with Gasteiger partial charge in [-0.05, 0) is 85.0 Å². The number of carbonyl (C=O) groups excluding carboxylic acids is 2. The molecule has 2 aromatic carbocycles. The first-order chi connectivity index (χ1) is 21.8. The Labute approximate surface area is 274 Å². The summed E-state index contributed by atoms with van der Waals surface area (Å²) >= 11 is 0. The van der Waals surface area contributed by atoms with Crippen LogP contribution in [0.25, 0.3) is 0 Å². The number of aliphatic imine (C=N–C) groups is 1. The lowest BCUT2D eigenvalue weighted by molar-refractivity contribution is -0.133. The predicted octanol–water partition coefficient (Wildman–Crippen LogP) is 6.09. The zero-order chi connectivity index (χ0) is 33.0. The third kappa shape index (κ3) is 8.13. The van der Waals surface area contributed by atoms with E-state index in [1.54, 1.807) is 0 Å². The highest BCUT2D eigenvalue weighted by molar-refractivity contribution is 6.40. The highest BCUT2D eigenvalue weighted by Gasteiger charge is 2.53. The van der Waals surface area contributed by atoms with E-state index < -0.39 is 5.66 Å². The molecule has 1 saturated carbocycles. The number of hydrazine groups is 1. The van der Waals surface area contributed by atoms with Crippen molar-refractivity contribution in [2.24, 2.45) is 32.1 Å². The van der Waals surface area contributed by atoms with E-state index in [2.05, 4.69) is 90.5 Å². The third-order valence-corrected chi connectivity index (χ3v) is 9.76. The van der Waals surface area contributed by atoms with Gasteiger partial charge < -0.3 is 15.5 Å². The van der Waals surface area contributed by atoms with Crippen LogP contribution in [0.2, 0.25) is 0 Å². The molecule has 2 aromatic rings. The fraction of sp³-hybridized carbons (Fsp3) is 0.583. The molecule has 0 radical (unpaired) electrons. The van der Waals surface area contributed by atoms with E-state index >= 15 is 0 Å². The van der Waals surface area contributed by atoms with E-state index in [1.807, 2.05) is 42.5 Å². The van der Waals surface area contributed by atoms with Gasteiger partial charge >= 0.3 is 0 Å². The van der Waals surface area contributed by atoms with Gasteiger partial charge in [0.1, 0.15) is 5.66 Å². The summed E-state index contributed by atoms with van der Waals surface area (Å²) in [5.41, 5.74) is 8.08. The quantitative estimate of drug-likeness (QED) is 0.254. The summed E-state index contributed by atoms with van der Waals surface area (Å²) < 4.78 is 0. The molecule has 1 unspecified atom stereocenters. The van der Waals surface area contributed by atoms with Crippen LogP contribution in [0.1, 0.15) is 108 Å². The SMILES string of the molecule is CC(C)(C)CC[C@H](c1ccc(C(=O)NCC2N=NNN2)cc1)N1C(=O)C(=NCCc2ccccc2)NC12CCC(C(C)(C)C)CC2. The first-order valence-corrected chi connectivity index (χ1v) is 16.8. The maximum atomic E-state index is 14.5. The Balaban J connectivity index is 1.42. The van der Waals surface area contributed by atoms with E-state index in [0.717, 1.165) is 50.5 Å². The molecule has 5 rings (SSSR count). The Kier molecular flexibility index (Phi) is 10.2. The Morgan fingerprint density at radius 3 is 2.35 bits per heavy atom. The highest BCUT2D eigenvalue weighted by Crippen LogP contribution is 2.48. The molecular formula is C36H52N8O2. The molecule has 2 heterocycles. The zero-order valence-corrected chi connectivity index (χ0v) is 28.4. The van der Waals surface area contributed by atoms with Crippen LogP contribution in [0.3, 0.4) is 0 Å². The maximum absolute atomic E-state index is 14.5. The van der Waals surface area contributed by atoms with Gasteiger partial charge in [-0.25, -0.2) is 5.53 Å². The topological polar surface area (TPSA) is 123 Å². The number of carbonyl (C=O) groups is 2. The molecule has 1 aliphatic carbocycles. The van der Waals surface area contributed by atoms with Crippen molar-refractivity contribution >= 4 is 17.6 Å². The van der Waals surface area contributed by atoms with Gasteiger partial charge in [-0.2, -0.15) is 5.43 Å². The van der Waals surface area contributed by atoms with Gasteiger partial charge in [0.25, 0.3) is 11.8 Å².